The fraction of sp³-hybridized carbons (Fsp3) is 0.577. The third kappa shape index (κ3) is 5.24. The fourth-order valence-electron chi connectivity index (χ4n) is 7.14. The Morgan fingerprint density at radius 2 is 1.62 bits per heavy atom. The van der Waals surface area contributed by atoms with Crippen LogP contribution in [0.3, 0.4) is 0 Å². The molecule has 0 aromatic heterocycles. The molecule has 1 unspecified atom stereocenters. The molecule has 4 saturated carbocycles. The number of benzene rings is 1. The number of hydrogen-bond donors (Lipinski definition) is 3. The number of hydrogen-bond acceptors (Lipinski definition) is 5. The lowest BCUT2D eigenvalue weighted by Gasteiger charge is -2.54. The normalized spacial score (nSPS) is 31.1. The number of carbonyl (C=O) groups excluding carboxylic acids is 2. The molecule has 5 fully saturated rings. The summed E-state index contributed by atoms with van der Waals surface area (Å²) in [5.74, 6) is 1.94. The summed E-state index contributed by atoms with van der Waals surface area (Å²) in [6, 6.07) is 5.12. The van der Waals surface area contributed by atoms with E-state index in [0.29, 0.717) is 17.5 Å². The zero-order valence-electron chi connectivity index (χ0n) is 20.7. The Balaban J connectivity index is 1.25. The molecule has 1 aromatic carbocycles. The zero-order chi connectivity index (χ0) is 26.3. The lowest BCUT2D eigenvalue weighted by molar-refractivity contribution is -0.126. The van der Waals surface area contributed by atoms with Gasteiger partial charge in [-0.2, -0.15) is 4.31 Å². The minimum Gasteiger partial charge on any atom is -0.465 e. The third-order valence-corrected chi connectivity index (χ3v) is 10.5. The Morgan fingerprint density at radius 1 is 1.00 bits per heavy atom. The molecule has 1 heterocycles. The van der Waals surface area contributed by atoms with E-state index in [-0.39, 0.29) is 42.9 Å². The van der Waals surface area contributed by atoms with Crippen LogP contribution in [-0.4, -0.2) is 72.4 Å². The van der Waals surface area contributed by atoms with Crippen LogP contribution in [0.2, 0.25) is 0 Å². The first-order valence-corrected chi connectivity index (χ1v) is 14.4. The standard InChI is InChI=1S/C26H34N4O6S/c1-2-23(31)27-20-3-5-22(6-4-20)37(35,36)29-7-8-30(26(33)34)21(15-29)14-24(32)28-25-18-10-16-9-17(12-18)13-19(25)11-16/h2-6,16-19,21,25H,1,7-15H2,(H,27,31)(H,28,32)(H,33,34). The van der Waals surface area contributed by atoms with Gasteiger partial charge in [-0.15, -0.1) is 0 Å². The summed E-state index contributed by atoms with van der Waals surface area (Å²) in [5.41, 5.74) is 0.430. The van der Waals surface area contributed by atoms with Crippen LogP contribution in [-0.2, 0) is 19.6 Å². The van der Waals surface area contributed by atoms with Crippen molar-refractivity contribution in [2.24, 2.45) is 23.7 Å². The molecule has 11 heteroatoms. The molecule has 6 rings (SSSR count). The van der Waals surface area contributed by atoms with Gasteiger partial charge in [0.1, 0.15) is 0 Å². The van der Waals surface area contributed by atoms with Crippen molar-refractivity contribution in [3.63, 3.8) is 0 Å². The van der Waals surface area contributed by atoms with Crippen molar-refractivity contribution in [3.8, 4) is 0 Å². The Bertz CT molecular complexity index is 1160. The first-order chi connectivity index (χ1) is 17.6. The summed E-state index contributed by atoms with van der Waals surface area (Å²) in [7, 11) is -3.92. The van der Waals surface area contributed by atoms with E-state index < -0.39 is 28.1 Å². The number of carboxylic acid groups (broad SMARTS) is 1. The molecule has 3 amide bonds. The van der Waals surface area contributed by atoms with E-state index >= 15 is 0 Å². The zero-order valence-corrected chi connectivity index (χ0v) is 21.5. The molecule has 200 valence electrons. The van der Waals surface area contributed by atoms with Crippen LogP contribution in [0.25, 0.3) is 0 Å². The molecule has 1 saturated heterocycles. The number of nitrogens with zero attached hydrogens (tertiary/aromatic N) is 2. The average molecular weight is 531 g/mol. The molecule has 5 aliphatic rings. The van der Waals surface area contributed by atoms with E-state index in [1.807, 2.05) is 0 Å². The Morgan fingerprint density at radius 3 is 2.19 bits per heavy atom. The van der Waals surface area contributed by atoms with E-state index in [1.54, 1.807) is 0 Å². The summed E-state index contributed by atoms with van der Waals surface area (Å²) >= 11 is 0. The summed E-state index contributed by atoms with van der Waals surface area (Å²) in [6.45, 7) is 3.27. The molecule has 1 aliphatic heterocycles. The molecule has 4 aliphatic carbocycles. The maximum absolute atomic E-state index is 13.3. The number of anilines is 1. The van der Waals surface area contributed by atoms with Crippen LogP contribution in [0.15, 0.2) is 41.8 Å². The van der Waals surface area contributed by atoms with Gasteiger partial charge in [0.2, 0.25) is 21.8 Å². The van der Waals surface area contributed by atoms with Crippen LogP contribution >= 0.6 is 0 Å². The Labute approximate surface area is 217 Å². The molecule has 37 heavy (non-hydrogen) atoms. The van der Waals surface area contributed by atoms with Gasteiger partial charge in [-0.3, -0.25) is 9.59 Å². The Kier molecular flexibility index (Phi) is 7.01. The summed E-state index contributed by atoms with van der Waals surface area (Å²) < 4.78 is 27.9. The maximum Gasteiger partial charge on any atom is 0.407 e. The first-order valence-electron chi connectivity index (χ1n) is 13.0. The number of carbonyl (C=O) groups is 3. The van der Waals surface area contributed by atoms with E-state index in [4.69, 9.17) is 0 Å². The summed E-state index contributed by atoms with van der Waals surface area (Å²) in [6.07, 6.45) is 5.83. The lowest BCUT2D eigenvalue weighted by atomic mass is 9.54. The highest BCUT2D eigenvalue weighted by molar-refractivity contribution is 7.89. The van der Waals surface area contributed by atoms with Gasteiger partial charge < -0.3 is 20.6 Å². The number of rotatable bonds is 7. The van der Waals surface area contributed by atoms with Crippen LogP contribution in [0.5, 0.6) is 0 Å². The van der Waals surface area contributed by atoms with Gasteiger partial charge in [-0.1, -0.05) is 6.58 Å². The highest BCUT2D eigenvalue weighted by Crippen LogP contribution is 2.53. The van der Waals surface area contributed by atoms with E-state index in [0.717, 1.165) is 43.6 Å². The molecule has 3 N–H and O–H groups in total. The molecular weight excluding hydrogens is 496 g/mol. The highest BCUT2D eigenvalue weighted by atomic mass is 32.2. The molecule has 0 spiro atoms. The SMILES string of the molecule is C=CC(=O)Nc1ccc(S(=O)(=O)N2CCN(C(=O)O)C(CC(=O)NC3C4CC5CC(C4)CC3C5)C2)cc1. The summed E-state index contributed by atoms with van der Waals surface area (Å²) in [5, 5.41) is 15.5. The van der Waals surface area contributed by atoms with Gasteiger partial charge in [0, 0.05) is 37.8 Å². The predicted molar refractivity (Wildman–Crippen MR) is 136 cm³/mol. The number of amides is 3. The van der Waals surface area contributed by atoms with E-state index in [9.17, 15) is 27.9 Å². The van der Waals surface area contributed by atoms with E-state index in [2.05, 4.69) is 17.2 Å². The smallest absolute Gasteiger partial charge is 0.407 e. The topological polar surface area (TPSA) is 136 Å². The maximum atomic E-state index is 13.3. The molecule has 1 atom stereocenters. The van der Waals surface area contributed by atoms with Crippen molar-refractivity contribution in [3.05, 3.63) is 36.9 Å². The van der Waals surface area contributed by atoms with Crippen molar-refractivity contribution >= 4 is 33.6 Å². The van der Waals surface area contributed by atoms with Gasteiger partial charge >= 0.3 is 6.09 Å². The van der Waals surface area contributed by atoms with E-state index in [1.165, 1.54) is 39.9 Å². The second-order valence-electron chi connectivity index (χ2n) is 10.9. The second-order valence-corrected chi connectivity index (χ2v) is 12.9. The van der Waals surface area contributed by atoms with Gasteiger partial charge in [0.15, 0.2) is 0 Å². The van der Waals surface area contributed by atoms with Crippen molar-refractivity contribution < 1.29 is 27.9 Å². The number of sulfonamides is 1. The first kappa shape index (κ1) is 25.7. The monoisotopic (exact) mass is 530 g/mol. The van der Waals surface area contributed by atoms with Crippen molar-refractivity contribution in [1.82, 2.24) is 14.5 Å². The van der Waals surface area contributed by atoms with Crippen LogP contribution in [0.1, 0.15) is 38.5 Å². The molecule has 4 bridgehead atoms. The quantitative estimate of drug-likeness (QED) is 0.464. The molecule has 0 radical (unpaired) electrons. The molecule has 1 aromatic rings. The van der Waals surface area contributed by atoms with Gasteiger partial charge in [0.05, 0.1) is 10.9 Å². The fourth-order valence-corrected chi connectivity index (χ4v) is 8.61. The number of nitrogens with one attached hydrogen (secondary N) is 2. The minimum absolute atomic E-state index is 0.00272. The van der Waals surface area contributed by atoms with Gasteiger partial charge in [0.25, 0.3) is 0 Å². The lowest BCUT2D eigenvalue weighted by Crippen LogP contribution is -2.59. The van der Waals surface area contributed by atoms with Crippen molar-refractivity contribution in [2.45, 2.75) is 55.5 Å². The van der Waals surface area contributed by atoms with Gasteiger partial charge in [-0.25, -0.2) is 13.2 Å². The van der Waals surface area contributed by atoms with Crippen molar-refractivity contribution in [2.75, 3.05) is 25.0 Å². The minimum atomic E-state index is -3.92. The number of piperazine rings is 1. The largest absolute Gasteiger partial charge is 0.465 e. The Hall–Kier alpha value is -2.92. The predicted octanol–water partition coefficient (Wildman–Crippen LogP) is 2.50. The average Bonchev–Trinajstić information content (AvgIpc) is 2.86. The van der Waals surface area contributed by atoms with Crippen molar-refractivity contribution in [1.29, 1.82) is 0 Å². The van der Waals surface area contributed by atoms with Crippen LogP contribution in [0.4, 0.5) is 10.5 Å². The molecular formula is C26H34N4O6S. The molecule has 10 nitrogen and oxygen atoms in total. The second kappa shape index (κ2) is 10.1. The van der Waals surface area contributed by atoms with Crippen LogP contribution < -0.4 is 10.6 Å². The third-order valence-electron chi connectivity index (χ3n) is 8.61. The van der Waals surface area contributed by atoms with Gasteiger partial charge in [-0.05, 0) is 86.1 Å². The summed E-state index contributed by atoms with van der Waals surface area (Å²) in [4.78, 5) is 37.7. The highest BCUT2D eigenvalue weighted by Gasteiger charge is 2.49. The van der Waals surface area contributed by atoms with Crippen LogP contribution in [0, 0.1) is 23.7 Å².